The number of aromatic nitrogens is 2. The summed E-state index contributed by atoms with van der Waals surface area (Å²) in [6.07, 6.45) is -4.21. The number of H-pyrrole nitrogens is 1. The third-order valence-electron chi connectivity index (χ3n) is 8.79. The van der Waals surface area contributed by atoms with Crippen molar-refractivity contribution in [2.24, 2.45) is 0 Å². The number of aliphatic hydroxyl groups excluding tert-OH is 3. The Morgan fingerprint density at radius 3 is 1.98 bits per heavy atom. The number of benzene rings is 3. The van der Waals surface area contributed by atoms with E-state index in [1.165, 1.54) is 34.4 Å². The molecule has 0 amide bonds. The standard InChI is InChI=1S/C34H38N2O9/c1-20-18-36(32(41)35-31(20)40)34(30(39)29(38)26(19-37)45-34)33(22-12-8-6-9-13-22,23-14-10-7-11-15-23)28-25(44-5)17-16-24(43-4)27(28)21(2)42-3/h6-18,21,26,29-30,37-39H,19H2,1-5H3,(H,35,40,41)/t21?,26-,29-,30-,34+/m1/s1. The lowest BCUT2D eigenvalue weighted by molar-refractivity contribution is -0.180. The maximum absolute atomic E-state index is 14.0. The summed E-state index contributed by atoms with van der Waals surface area (Å²) in [5.41, 5.74) is -3.47. The second-order valence-corrected chi connectivity index (χ2v) is 11.0. The fourth-order valence-electron chi connectivity index (χ4n) is 6.72. The molecule has 238 valence electrons. The molecule has 1 unspecified atom stereocenters. The number of methoxy groups -OCH3 is 3. The largest absolute Gasteiger partial charge is 0.496 e. The summed E-state index contributed by atoms with van der Waals surface area (Å²) in [7, 11) is 4.55. The lowest BCUT2D eigenvalue weighted by Crippen LogP contribution is -2.64. The van der Waals surface area contributed by atoms with Crippen LogP contribution in [0.2, 0.25) is 0 Å². The fourth-order valence-corrected chi connectivity index (χ4v) is 6.72. The van der Waals surface area contributed by atoms with Crippen LogP contribution in [0.5, 0.6) is 11.5 Å². The summed E-state index contributed by atoms with van der Waals surface area (Å²) in [5.74, 6) is 0.747. The third-order valence-corrected chi connectivity index (χ3v) is 8.79. The molecule has 4 aromatic rings. The first-order chi connectivity index (χ1) is 21.6. The van der Waals surface area contributed by atoms with E-state index >= 15 is 0 Å². The Hall–Kier alpha value is -4.26. The van der Waals surface area contributed by atoms with Gasteiger partial charge in [0.2, 0.25) is 0 Å². The summed E-state index contributed by atoms with van der Waals surface area (Å²) < 4.78 is 25.6. The third kappa shape index (κ3) is 4.79. The molecule has 11 heteroatoms. The van der Waals surface area contributed by atoms with Crippen LogP contribution in [0.3, 0.4) is 0 Å². The highest BCUT2D eigenvalue weighted by Gasteiger charge is 2.70. The molecule has 0 bridgehead atoms. The molecule has 1 aliphatic rings. The Kier molecular flexibility index (Phi) is 9.02. The number of nitrogens with one attached hydrogen (secondary N) is 1. The molecule has 5 rings (SSSR count). The zero-order chi connectivity index (χ0) is 32.5. The van der Waals surface area contributed by atoms with Crippen LogP contribution in [0.25, 0.3) is 0 Å². The number of aryl methyl sites for hydroxylation is 1. The molecule has 1 fully saturated rings. The molecule has 1 aliphatic heterocycles. The number of aromatic amines is 1. The van der Waals surface area contributed by atoms with Gasteiger partial charge in [-0.15, -0.1) is 0 Å². The monoisotopic (exact) mass is 618 g/mol. The van der Waals surface area contributed by atoms with E-state index in [1.807, 2.05) is 43.3 Å². The van der Waals surface area contributed by atoms with Crippen LogP contribution in [0.1, 0.15) is 40.8 Å². The van der Waals surface area contributed by atoms with E-state index in [-0.39, 0.29) is 5.56 Å². The predicted octanol–water partition coefficient (Wildman–Crippen LogP) is 2.37. The minimum atomic E-state index is -2.27. The van der Waals surface area contributed by atoms with Crippen molar-refractivity contribution < 1.29 is 34.3 Å². The first-order valence-corrected chi connectivity index (χ1v) is 14.5. The SMILES string of the molecule is COc1ccc(OC)c(C(c2ccccc2)(c2ccccc2)[C@@]2(n3cc(C)c(=O)[nH]c3=O)O[C@H](CO)[C@@H](O)[C@H]2O)c1C(C)OC. The van der Waals surface area contributed by atoms with Crippen molar-refractivity contribution in [1.29, 1.82) is 0 Å². The summed E-state index contributed by atoms with van der Waals surface area (Å²) in [4.78, 5) is 29.0. The minimum absolute atomic E-state index is 0.143. The van der Waals surface area contributed by atoms with Crippen molar-refractivity contribution in [3.05, 3.63) is 128 Å². The molecule has 0 aliphatic carbocycles. The number of hydrogen-bond acceptors (Lipinski definition) is 9. The van der Waals surface area contributed by atoms with Gasteiger partial charge >= 0.3 is 5.69 Å². The maximum Gasteiger partial charge on any atom is 0.330 e. The van der Waals surface area contributed by atoms with Crippen molar-refractivity contribution in [2.45, 2.75) is 49.4 Å². The molecule has 45 heavy (non-hydrogen) atoms. The van der Waals surface area contributed by atoms with Gasteiger partial charge in [0.05, 0.1) is 26.9 Å². The maximum atomic E-state index is 14.0. The smallest absolute Gasteiger partial charge is 0.330 e. The van der Waals surface area contributed by atoms with E-state index in [4.69, 9.17) is 18.9 Å². The summed E-state index contributed by atoms with van der Waals surface area (Å²) in [5, 5.41) is 34.4. The van der Waals surface area contributed by atoms with Crippen LogP contribution < -0.4 is 20.7 Å². The Bertz CT molecular complexity index is 1720. The van der Waals surface area contributed by atoms with Crippen molar-refractivity contribution in [2.75, 3.05) is 27.9 Å². The van der Waals surface area contributed by atoms with Gasteiger partial charge in [0.1, 0.15) is 35.2 Å². The lowest BCUT2D eigenvalue weighted by Gasteiger charge is -2.52. The molecule has 3 aromatic carbocycles. The second kappa shape index (κ2) is 12.6. The van der Waals surface area contributed by atoms with Gasteiger partial charge in [-0.3, -0.25) is 14.3 Å². The Balaban J connectivity index is 2.18. The zero-order valence-corrected chi connectivity index (χ0v) is 25.8. The van der Waals surface area contributed by atoms with Gasteiger partial charge in [0, 0.05) is 30.0 Å². The van der Waals surface area contributed by atoms with Gasteiger partial charge in [-0.05, 0) is 37.1 Å². The molecule has 2 heterocycles. The molecule has 4 N–H and O–H groups in total. The second-order valence-electron chi connectivity index (χ2n) is 11.0. The summed E-state index contributed by atoms with van der Waals surface area (Å²) in [6, 6.07) is 21.5. The topological polar surface area (TPSA) is 152 Å². The fraction of sp³-hybridized carbons (Fsp3) is 0.353. The highest BCUT2D eigenvalue weighted by Crippen LogP contribution is 2.60. The quantitative estimate of drug-likeness (QED) is 0.196. The van der Waals surface area contributed by atoms with Gasteiger partial charge < -0.3 is 34.3 Å². The van der Waals surface area contributed by atoms with Gasteiger partial charge in [-0.2, -0.15) is 0 Å². The molecule has 0 radical (unpaired) electrons. The summed E-state index contributed by atoms with van der Waals surface area (Å²) in [6.45, 7) is 2.65. The van der Waals surface area contributed by atoms with E-state index in [0.717, 1.165) is 4.57 Å². The molecule has 5 atom stereocenters. The first kappa shape index (κ1) is 32.1. The Labute approximate surface area is 260 Å². The number of ether oxygens (including phenoxy) is 4. The number of rotatable bonds is 10. The van der Waals surface area contributed by atoms with Gasteiger partial charge in [0.25, 0.3) is 5.56 Å². The first-order valence-electron chi connectivity index (χ1n) is 14.5. The molecule has 0 spiro atoms. The van der Waals surface area contributed by atoms with Crippen LogP contribution in [0, 0.1) is 6.92 Å². The number of nitrogens with zero attached hydrogens (tertiary/aromatic N) is 1. The predicted molar refractivity (Wildman–Crippen MR) is 166 cm³/mol. The van der Waals surface area contributed by atoms with E-state index in [2.05, 4.69) is 4.98 Å². The summed E-state index contributed by atoms with van der Waals surface area (Å²) >= 11 is 0. The molecular formula is C34H38N2O9. The van der Waals surface area contributed by atoms with Crippen LogP contribution in [0.4, 0.5) is 0 Å². The molecular weight excluding hydrogens is 580 g/mol. The zero-order valence-electron chi connectivity index (χ0n) is 25.8. The normalized spacial score (nSPS) is 22.3. The van der Waals surface area contributed by atoms with Gasteiger partial charge in [0.15, 0.2) is 5.72 Å². The van der Waals surface area contributed by atoms with Crippen LogP contribution >= 0.6 is 0 Å². The van der Waals surface area contributed by atoms with Crippen LogP contribution in [0.15, 0.2) is 88.6 Å². The van der Waals surface area contributed by atoms with Gasteiger partial charge in [-0.25, -0.2) is 4.79 Å². The average molecular weight is 619 g/mol. The number of aliphatic hydroxyl groups is 3. The van der Waals surface area contributed by atoms with E-state index in [1.54, 1.807) is 36.4 Å². The lowest BCUT2D eigenvalue weighted by atomic mass is 9.59. The van der Waals surface area contributed by atoms with E-state index in [9.17, 15) is 24.9 Å². The average Bonchev–Trinajstić information content (AvgIpc) is 3.33. The molecule has 1 aromatic heterocycles. The molecule has 0 saturated carbocycles. The Morgan fingerprint density at radius 1 is 0.933 bits per heavy atom. The van der Waals surface area contributed by atoms with E-state index in [0.29, 0.717) is 33.8 Å². The van der Waals surface area contributed by atoms with Gasteiger partial charge in [-0.1, -0.05) is 60.7 Å². The highest BCUT2D eigenvalue weighted by molar-refractivity contribution is 5.64. The van der Waals surface area contributed by atoms with Crippen molar-refractivity contribution in [3.63, 3.8) is 0 Å². The van der Waals surface area contributed by atoms with Crippen LogP contribution in [-0.2, 0) is 20.6 Å². The molecule has 1 saturated heterocycles. The van der Waals surface area contributed by atoms with Crippen molar-refractivity contribution in [1.82, 2.24) is 9.55 Å². The minimum Gasteiger partial charge on any atom is -0.496 e. The van der Waals surface area contributed by atoms with E-state index < -0.39 is 53.4 Å². The van der Waals surface area contributed by atoms with Crippen LogP contribution in [-0.4, -0.2) is 71.1 Å². The highest BCUT2D eigenvalue weighted by atomic mass is 16.6. The van der Waals surface area contributed by atoms with Crippen molar-refractivity contribution >= 4 is 0 Å². The van der Waals surface area contributed by atoms with Crippen molar-refractivity contribution in [3.8, 4) is 11.5 Å². The Morgan fingerprint density at radius 2 is 1.49 bits per heavy atom. The number of hydrogen-bond donors (Lipinski definition) is 4. The molecule has 11 nitrogen and oxygen atoms in total.